The van der Waals surface area contributed by atoms with Crippen LogP contribution in [-0.2, 0) is 6.54 Å². The number of aliphatic hydroxyl groups excluding tert-OH is 1. The highest BCUT2D eigenvalue weighted by atomic mass is 16.3. The molecule has 1 aromatic rings. The molecule has 3 N–H and O–H groups in total. The van der Waals surface area contributed by atoms with E-state index in [0.29, 0.717) is 0 Å². The standard InChI is InChI=1S/C16H25N3O/c17-15(9-20)16-18-1-2-19(16)8-14-12-4-10-3-11(6-12)7-13(14)5-10/h1-2,10-15,20H,3-9,17H2. The Morgan fingerprint density at radius 3 is 2.45 bits per heavy atom. The molecule has 0 spiro atoms. The van der Waals surface area contributed by atoms with Gasteiger partial charge in [0.25, 0.3) is 0 Å². The molecule has 0 aromatic carbocycles. The first kappa shape index (κ1) is 12.8. The van der Waals surface area contributed by atoms with Crippen molar-refractivity contribution in [2.75, 3.05) is 6.61 Å². The van der Waals surface area contributed by atoms with Gasteiger partial charge < -0.3 is 15.4 Å². The lowest BCUT2D eigenvalue weighted by Crippen LogP contribution is -2.46. The molecule has 0 radical (unpaired) electrons. The molecule has 4 nitrogen and oxygen atoms in total. The van der Waals surface area contributed by atoms with Crippen LogP contribution in [0.4, 0.5) is 0 Å². The molecule has 0 amide bonds. The Morgan fingerprint density at radius 2 is 1.85 bits per heavy atom. The van der Waals surface area contributed by atoms with Crippen LogP contribution < -0.4 is 5.73 Å². The maximum absolute atomic E-state index is 9.26. The number of nitrogens with zero attached hydrogens (tertiary/aromatic N) is 2. The minimum atomic E-state index is -0.346. The van der Waals surface area contributed by atoms with Crippen LogP contribution in [0.5, 0.6) is 0 Å². The molecule has 4 saturated carbocycles. The molecule has 0 saturated heterocycles. The first-order chi connectivity index (χ1) is 9.74. The summed E-state index contributed by atoms with van der Waals surface area (Å²) in [6.07, 6.45) is 11.2. The van der Waals surface area contributed by atoms with Gasteiger partial charge in [-0.25, -0.2) is 4.98 Å². The second-order valence-corrected chi connectivity index (χ2v) is 7.32. The average Bonchev–Trinajstić information content (AvgIpc) is 2.89. The van der Waals surface area contributed by atoms with Crippen molar-refractivity contribution in [3.05, 3.63) is 18.2 Å². The molecule has 1 aromatic heterocycles. The fourth-order valence-corrected chi connectivity index (χ4v) is 5.45. The molecule has 4 fully saturated rings. The van der Waals surface area contributed by atoms with Gasteiger partial charge in [0.15, 0.2) is 0 Å². The summed E-state index contributed by atoms with van der Waals surface area (Å²) in [5.41, 5.74) is 5.96. The summed E-state index contributed by atoms with van der Waals surface area (Å²) in [5, 5.41) is 9.26. The van der Waals surface area contributed by atoms with E-state index in [0.717, 1.165) is 42.0 Å². The Hall–Kier alpha value is -0.870. The van der Waals surface area contributed by atoms with Crippen LogP contribution in [0, 0.1) is 29.6 Å². The van der Waals surface area contributed by atoms with E-state index in [9.17, 15) is 5.11 Å². The Morgan fingerprint density at radius 1 is 1.20 bits per heavy atom. The van der Waals surface area contributed by atoms with E-state index in [-0.39, 0.29) is 12.6 Å². The largest absolute Gasteiger partial charge is 0.394 e. The highest BCUT2D eigenvalue weighted by Gasteiger charge is 2.48. The molecular formula is C16H25N3O. The number of nitrogens with two attached hydrogens (primary N) is 1. The van der Waals surface area contributed by atoms with Crippen LogP contribution >= 0.6 is 0 Å². The molecule has 1 atom stereocenters. The first-order valence-electron chi connectivity index (χ1n) is 8.12. The topological polar surface area (TPSA) is 64.1 Å². The van der Waals surface area contributed by atoms with Crippen LogP contribution in [0.15, 0.2) is 12.4 Å². The van der Waals surface area contributed by atoms with Crippen molar-refractivity contribution in [2.24, 2.45) is 35.3 Å². The zero-order chi connectivity index (χ0) is 13.7. The summed E-state index contributed by atoms with van der Waals surface area (Å²) in [7, 11) is 0. The van der Waals surface area contributed by atoms with Gasteiger partial charge in [-0.05, 0) is 61.7 Å². The van der Waals surface area contributed by atoms with E-state index >= 15 is 0 Å². The van der Waals surface area contributed by atoms with E-state index in [1.807, 2.05) is 12.4 Å². The lowest BCUT2D eigenvalue weighted by Gasteiger charge is -2.54. The summed E-state index contributed by atoms with van der Waals surface area (Å²) >= 11 is 0. The maximum Gasteiger partial charge on any atom is 0.128 e. The Balaban J connectivity index is 1.53. The van der Waals surface area contributed by atoms with Crippen molar-refractivity contribution < 1.29 is 5.11 Å². The van der Waals surface area contributed by atoms with Crippen LogP contribution in [-0.4, -0.2) is 21.3 Å². The van der Waals surface area contributed by atoms with Gasteiger partial charge in [-0.3, -0.25) is 0 Å². The number of hydrogen-bond acceptors (Lipinski definition) is 3. The minimum absolute atomic E-state index is 0.0291. The number of imidazole rings is 1. The van der Waals surface area contributed by atoms with Gasteiger partial charge in [0, 0.05) is 18.9 Å². The van der Waals surface area contributed by atoms with E-state index in [1.54, 1.807) is 0 Å². The monoisotopic (exact) mass is 275 g/mol. The van der Waals surface area contributed by atoms with Crippen molar-refractivity contribution in [2.45, 2.75) is 44.7 Å². The molecule has 1 heterocycles. The van der Waals surface area contributed by atoms with Gasteiger partial charge in [-0.2, -0.15) is 0 Å². The summed E-state index contributed by atoms with van der Waals surface area (Å²) in [6.45, 7) is 1.02. The van der Waals surface area contributed by atoms with Crippen LogP contribution in [0.1, 0.15) is 44.0 Å². The summed E-state index contributed by atoms with van der Waals surface area (Å²) in [5.74, 6) is 5.55. The SMILES string of the molecule is NC(CO)c1nccn1CC1C2CC3CC(C2)CC1C3. The summed E-state index contributed by atoms with van der Waals surface area (Å²) in [6, 6.07) is -0.346. The third-order valence-electron chi connectivity index (χ3n) is 6.11. The van der Waals surface area contributed by atoms with Gasteiger partial charge in [0.2, 0.25) is 0 Å². The van der Waals surface area contributed by atoms with Crippen molar-refractivity contribution in [3.8, 4) is 0 Å². The third-order valence-corrected chi connectivity index (χ3v) is 6.11. The number of rotatable bonds is 4. The second kappa shape index (κ2) is 4.85. The predicted molar refractivity (Wildman–Crippen MR) is 76.8 cm³/mol. The molecule has 0 aliphatic heterocycles. The van der Waals surface area contributed by atoms with Crippen molar-refractivity contribution in [3.63, 3.8) is 0 Å². The molecule has 1 unspecified atom stereocenters. The smallest absolute Gasteiger partial charge is 0.128 e. The maximum atomic E-state index is 9.26. The van der Waals surface area contributed by atoms with Crippen molar-refractivity contribution >= 4 is 0 Å². The lowest BCUT2D eigenvalue weighted by molar-refractivity contribution is -0.0434. The van der Waals surface area contributed by atoms with Gasteiger partial charge in [0.1, 0.15) is 5.82 Å². The van der Waals surface area contributed by atoms with Crippen molar-refractivity contribution in [1.29, 1.82) is 0 Å². The molecule has 4 aliphatic carbocycles. The van der Waals surface area contributed by atoms with Gasteiger partial charge in [0.05, 0.1) is 12.6 Å². The van der Waals surface area contributed by atoms with E-state index < -0.39 is 0 Å². The summed E-state index contributed by atoms with van der Waals surface area (Å²) < 4.78 is 2.20. The second-order valence-electron chi connectivity index (χ2n) is 7.32. The quantitative estimate of drug-likeness (QED) is 0.882. The number of aliphatic hydroxyl groups is 1. The van der Waals surface area contributed by atoms with Crippen LogP contribution in [0.3, 0.4) is 0 Å². The number of hydrogen-bond donors (Lipinski definition) is 2. The molecular weight excluding hydrogens is 250 g/mol. The Bertz CT molecular complexity index is 456. The first-order valence-corrected chi connectivity index (χ1v) is 8.12. The average molecular weight is 275 g/mol. The fourth-order valence-electron chi connectivity index (χ4n) is 5.45. The third kappa shape index (κ3) is 2.01. The van der Waals surface area contributed by atoms with Crippen molar-refractivity contribution in [1.82, 2.24) is 9.55 Å². The molecule has 110 valence electrons. The number of aromatic nitrogens is 2. The highest BCUT2D eigenvalue weighted by molar-refractivity contribution is 5.02. The highest BCUT2D eigenvalue weighted by Crippen LogP contribution is 2.56. The Kier molecular flexibility index (Phi) is 3.11. The molecule has 4 aliphatic rings. The predicted octanol–water partition coefficient (Wildman–Crippen LogP) is 1.95. The fraction of sp³-hybridized carbons (Fsp3) is 0.812. The molecule has 5 rings (SSSR count). The van der Waals surface area contributed by atoms with Gasteiger partial charge in [-0.1, -0.05) is 0 Å². The van der Waals surface area contributed by atoms with Gasteiger partial charge >= 0.3 is 0 Å². The van der Waals surface area contributed by atoms with Gasteiger partial charge in [-0.15, -0.1) is 0 Å². The Labute approximate surface area is 120 Å². The molecule has 20 heavy (non-hydrogen) atoms. The van der Waals surface area contributed by atoms with E-state index in [2.05, 4.69) is 9.55 Å². The zero-order valence-electron chi connectivity index (χ0n) is 12.0. The minimum Gasteiger partial charge on any atom is -0.394 e. The van der Waals surface area contributed by atoms with E-state index in [4.69, 9.17) is 5.73 Å². The summed E-state index contributed by atoms with van der Waals surface area (Å²) in [4.78, 5) is 4.35. The van der Waals surface area contributed by atoms with Crippen LogP contribution in [0.2, 0.25) is 0 Å². The van der Waals surface area contributed by atoms with E-state index in [1.165, 1.54) is 32.1 Å². The molecule has 4 heteroatoms. The molecule has 4 bridgehead atoms. The zero-order valence-corrected chi connectivity index (χ0v) is 12.0. The normalized spacial score (nSPS) is 40.2. The van der Waals surface area contributed by atoms with Crippen LogP contribution in [0.25, 0.3) is 0 Å². The lowest BCUT2D eigenvalue weighted by atomic mass is 9.52.